The molecule has 1 N–H and O–H groups in total. The highest BCUT2D eigenvalue weighted by Gasteiger charge is 2.06. The van der Waals surface area contributed by atoms with Crippen LogP contribution in [0, 0.1) is 0 Å². The summed E-state index contributed by atoms with van der Waals surface area (Å²) in [7, 11) is 0. The maximum absolute atomic E-state index is 4.45. The van der Waals surface area contributed by atoms with Gasteiger partial charge in [-0.15, -0.1) is 0 Å². The van der Waals surface area contributed by atoms with E-state index in [9.17, 15) is 0 Å². The zero-order valence-corrected chi connectivity index (χ0v) is 14.3. The highest BCUT2D eigenvalue weighted by Crippen LogP contribution is 2.19. The molecule has 0 amide bonds. The van der Waals surface area contributed by atoms with Gasteiger partial charge in [0.25, 0.3) is 0 Å². The lowest BCUT2D eigenvalue weighted by molar-refractivity contribution is 0.848. The summed E-state index contributed by atoms with van der Waals surface area (Å²) in [6.07, 6.45) is 11.3. The summed E-state index contributed by atoms with van der Waals surface area (Å²) in [5.41, 5.74) is 4.02. The Morgan fingerprint density at radius 3 is 2.58 bits per heavy atom. The van der Waals surface area contributed by atoms with Gasteiger partial charge in [0.15, 0.2) is 0 Å². The van der Waals surface area contributed by atoms with Gasteiger partial charge >= 0.3 is 0 Å². The van der Waals surface area contributed by atoms with E-state index in [1.54, 1.807) is 0 Å². The normalized spacial score (nSPS) is 11.0. The molecule has 0 aliphatic carbocycles. The Kier molecular flexibility index (Phi) is 4.84. The summed E-state index contributed by atoms with van der Waals surface area (Å²) >= 11 is 0. The molecular weight excluding hydrogens is 300 g/mol. The number of hydrogen-bond acceptors (Lipinski definition) is 5. The standard InChI is InChI=1S/C18H22N6/c1-4-5-16-8-17(6-7-19-16)24-12-15(11-22-24)14-9-20-18(21-10-14)23-13(2)3/h6-13H,4-5H2,1-3H3,(H,20,21,23). The Morgan fingerprint density at radius 1 is 1.08 bits per heavy atom. The number of aryl methyl sites for hydroxylation is 1. The van der Waals surface area contributed by atoms with Crippen molar-refractivity contribution in [2.45, 2.75) is 39.7 Å². The van der Waals surface area contributed by atoms with Gasteiger partial charge in [-0.1, -0.05) is 13.3 Å². The lowest BCUT2D eigenvalue weighted by Crippen LogP contribution is -2.12. The number of pyridine rings is 1. The molecule has 6 nitrogen and oxygen atoms in total. The number of anilines is 1. The lowest BCUT2D eigenvalue weighted by Gasteiger charge is -2.07. The van der Waals surface area contributed by atoms with E-state index in [1.165, 1.54) is 0 Å². The molecule has 0 aliphatic rings. The van der Waals surface area contributed by atoms with Gasteiger partial charge in [-0.25, -0.2) is 14.6 Å². The van der Waals surface area contributed by atoms with E-state index >= 15 is 0 Å². The first-order valence-electron chi connectivity index (χ1n) is 8.24. The highest BCUT2D eigenvalue weighted by molar-refractivity contribution is 5.60. The molecule has 0 bridgehead atoms. The van der Waals surface area contributed by atoms with E-state index < -0.39 is 0 Å². The second kappa shape index (κ2) is 7.21. The van der Waals surface area contributed by atoms with Gasteiger partial charge < -0.3 is 5.32 Å². The largest absolute Gasteiger partial charge is 0.352 e. The van der Waals surface area contributed by atoms with Crippen molar-refractivity contribution in [3.8, 4) is 16.8 Å². The van der Waals surface area contributed by atoms with Crippen molar-refractivity contribution < 1.29 is 0 Å². The first-order chi connectivity index (χ1) is 11.7. The van der Waals surface area contributed by atoms with E-state index in [0.717, 1.165) is 35.3 Å². The third-order valence-electron chi connectivity index (χ3n) is 3.56. The molecule has 0 radical (unpaired) electrons. The maximum atomic E-state index is 4.45. The molecule has 0 unspecified atom stereocenters. The van der Waals surface area contributed by atoms with Crippen LogP contribution < -0.4 is 5.32 Å². The molecule has 24 heavy (non-hydrogen) atoms. The van der Waals surface area contributed by atoms with Crippen LogP contribution >= 0.6 is 0 Å². The number of rotatable bonds is 6. The number of hydrogen-bond donors (Lipinski definition) is 1. The molecule has 124 valence electrons. The Morgan fingerprint density at radius 2 is 1.88 bits per heavy atom. The third-order valence-corrected chi connectivity index (χ3v) is 3.56. The Hall–Kier alpha value is -2.76. The van der Waals surface area contributed by atoms with Crippen LogP contribution in [0.3, 0.4) is 0 Å². The van der Waals surface area contributed by atoms with E-state index in [2.05, 4.69) is 52.2 Å². The Bertz CT molecular complexity index is 791. The molecule has 0 aliphatic heterocycles. The van der Waals surface area contributed by atoms with Crippen molar-refractivity contribution in [1.29, 1.82) is 0 Å². The van der Waals surface area contributed by atoms with Crippen LogP contribution in [0.1, 0.15) is 32.9 Å². The van der Waals surface area contributed by atoms with Crippen molar-refractivity contribution in [3.05, 3.63) is 48.8 Å². The average molecular weight is 322 g/mol. The maximum Gasteiger partial charge on any atom is 0.222 e. The summed E-state index contributed by atoms with van der Waals surface area (Å²) in [5, 5.41) is 7.64. The van der Waals surface area contributed by atoms with Crippen LogP contribution in [0.2, 0.25) is 0 Å². The van der Waals surface area contributed by atoms with E-state index in [1.807, 2.05) is 41.7 Å². The topological polar surface area (TPSA) is 68.5 Å². The van der Waals surface area contributed by atoms with Crippen LogP contribution in [0.25, 0.3) is 16.8 Å². The summed E-state index contributed by atoms with van der Waals surface area (Å²) in [6, 6.07) is 4.34. The van der Waals surface area contributed by atoms with Crippen LogP contribution in [-0.4, -0.2) is 30.8 Å². The van der Waals surface area contributed by atoms with Gasteiger partial charge in [-0.3, -0.25) is 4.98 Å². The minimum absolute atomic E-state index is 0.308. The van der Waals surface area contributed by atoms with Crippen LogP contribution in [0.4, 0.5) is 5.95 Å². The molecule has 0 atom stereocenters. The van der Waals surface area contributed by atoms with Crippen molar-refractivity contribution in [3.63, 3.8) is 0 Å². The smallest absolute Gasteiger partial charge is 0.222 e. The first kappa shape index (κ1) is 16.1. The summed E-state index contributed by atoms with van der Waals surface area (Å²) in [5.74, 6) is 0.638. The molecule has 3 rings (SSSR count). The third kappa shape index (κ3) is 3.76. The fourth-order valence-corrected chi connectivity index (χ4v) is 2.42. The van der Waals surface area contributed by atoms with Crippen LogP contribution in [0.5, 0.6) is 0 Å². The zero-order valence-electron chi connectivity index (χ0n) is 14.3. The molecular formula is C18H22N6. The number of nitrogens with one attached hydrogen (secondary N) is 1. The minimum Gasteiger partial charge on any atom is -0.352 e. The molecule has 3 aromatic heterocycles. The van der Waals surface area contributed by atoms with E-state index in [4.69, 9.17) is 0 Å². The second-order valence-corrected chi connectivity index (χ2v) is 6.02. The average Bonchev–Trinajstić information content (AvgIpc) is 3.06. The van der Waals surface area contributed by atoms with Gasteiger partial charge in [0.1, 0.15) is 0 Å². The van der Waals surface area contributed by atoms with E-state index in [-0.39, 0.29) is 0 Å². The highest BCUT2D eigenvalue weighted by atomic mass is 15.3. The van der Waals surface area contributed by atoms with Crippen molar-refractivity contribution in [1.82, 2.24) is 24.7 Å². The molecule has 0 fully saturated rings. The van der Waals surface area contributed by atoms with Crippen LogP contribution in [-0.2, 0) is 6.42 Å². The summed E-state index contributed by atoms with van der Waals surface area (Å²) < 4.78 is 1.86. The molecule has 0 aromatic carbocycles. The van der Waals surface area contributed by atoms with Gasteiger partial charge in [-0.05, 0) is 32.4 Å². The summed E-state index contributed by atoms with van der Waals surface area (Å²) in [4.78, 5) is 13.1. The first-order valence-corrected chi connectivity index (χ1v) is 8.24. The number of nitrogens with zero attached hydrogens (tertiary/aromatic N) is 5. The number of aromatic nitrogens is 5. The Labute approximate surface area is 142 Å². The summed E-state index contributed by atoms with van der Waals surface area (Å²) in [6.45, 7) is 6.27. The molecule has 3 aromatic rings. The lowest BCUT2D eigenvalue weighted by atomic mass is 10.2. The fraction of sp³-hybridized carbons (Fsp3) is 0.333. The fourth-order valence-electron chi connectivity index (χ4n) is 2.42. The minimum atomic E-state index is 0.308. The van der Waals surface area contributed by atoms with Gasteiger partial charge in [0, 0.05) is 47.7 Å². The van der Waals surface area contributed by atoms with Gasteiger partial charge in [0.2, 0.25) is 5.95 Å². The molecule has 3 heterocycles. The second-order valence-electron chi connectivity index (χ2n) is 6.02. The predicted molar refractivity (Wildman–Crippen MR) is 95.1 cm³/mol. The van der Waals surface area contributed by atoms with Crippen LogP contribution in [0.15, 0.2) is 43.1 Å². The SMILES string of the molecule is CCCc1cc(-n2cc(-c3cnc(NC(C)C)nc3)cn2)ccn1. The zero-order chi connectivity index (χ0) is 16.9. The molecule has 0 saturated carbocycles. The quantitative estimate of drug-likeness (QED) is 0.752. The Balaban J connectivity index is 1.81. The van der Waals surface area contributed by atoms with Crippen molar-refractivity contribution in [2.24, 2.45) is 0 Å². The van der Waals surface area contributed by atoms with Gasteiger partial charge in [-0.2, -0.15) is 5.10 Å². The molecule has 0 spiro atoms. The van der Waals surface area contributed by atoms with Gasteiger partial charge in [0.05, 0.1) is 11.9 Å². The monoisotopic (exact) mass is 322 g/mol. The molecule has 0 saturated heterocycles. The predicted octanol–water partition coefficient (Wildman–Crippen LogP) is 3.50. The van der Waals surface area contributed by atoms with E-state index in [0.29, 0.717) is 12.0 Å². The van der Waals surface area contributed by atoms with Crippen molar-refractivity contribution >= 4 is 5.95 Å². The van der Waals surface area contributed by atoms with Crippen molar-refractivity contribution in [2.75, 3.05) is 5.32 Å². The molecule has 6 heteroatoms.